The molecule has 2 aromatic heterocycles. The molecule has 0 unspecified atom stereocenters. The number of nitrogens with zero attached hydrogens (tertiary/aromatic N) is 3. The van der Waals surface area contributed by atoms with Gasteiger partial charge in [0, 0.05) is 30.4 Å². The quantitative estimate of drug-likeness (QED) is 0.595. The zero-order chi connectivity index (χ0) is 17.9. The summed E-state index contributed by atoms with van der Waals surface area (Å²) in [7, 11) is 3.54. The van der Waals surface area contributed by atoms with Crippen molar-refractivity contribution in [2.24, 2.45) is 0 Å². The molecule has 0 atom stereocenters. The molecule has 0 radical (unpaired) electrons. The van der Waals surface area contributed by atoms with E-state index in [0.717, 1.165) is 39.2 Å². The number of benzene rings is 2. The summed E-state index contributed by atoms with van der Waals surface area (Å²) in [6, 6.07) is 18.1. The van der Waals surface area contributed by atoms with E-state index < -0.39 is 0 Å². The fourth-order valence-electron chi connectivity index (χ4n) is 2.91. The minimum Gasteiger partial charge on any atom is -0.497 e. The lowest BCUT2D eigenvalue weighted by atomic mass is 10.0. The third-order valence-electron chi connectivity index (χ3n) is 4.28. The van der Waals surface area contributed by atoms with E-state index in [-0.39, 0.29) is 0 Å². The van der Waals surface area contributed by atoms with Crippen molar-refractivity contribution < 1.29 is 4.74 Å². The molecule has 128 valence electrons. The van der Waals surface area contributed by atoms with Crippen LogP contribution in [0.2, 0.25) is 0 Å². The van der Waals surface area contributed by atoms with Gasteiger partial charge >= 0.3 is 0 Å². The van der Waals surface area contributed by atoms with Gasteiger partial charge in [0.2, 0.25) is 0 Å². The highest BCUT2D eigenvalue weighted by molar-refractivity contribution is 5.93. The monoisotopic (exact) mass is 342 g/mol. The van der Waals surface area contributed by atoms with Crippen LogP contribution in [-0.2, 0) is 0 Å². The number of methoxy groups -OCH3 is 1. The van der Waals surface area contributed by atoms with Gasteiger partial charge in [0.1, 0.15) is 11.6 Å². The maximum absolute atomic E-state index is 5.24. The molecule has 0 aliphatic carbocycles. The number of aromatic nitrogens is 3. The fraction of sp³-hybridized carbons (Fsp3) is 0.0952. The predicted molar refractivity (Wildman–Crippen MR) is 104 cm³/mol. The molecule has 4 aromatic rings. The van der Waals surface area contributed by atoms with Gasteiger partial charge in [0.05, 0.1) is 12.6 Å². The molecule has 2 heterocycles. The lowest BCUT2D eigenvalue weighted by Crippen LogP contribution is -1.99. The summed E-state index contributed by atoms with van der Waals surface area (Å²) in [6.07, 6.45) is 3.51. The van der Waals surface area contributed by atoms with E-state index in [2.05, 4.69) is 27.4 Å². The van der Waals surface area contributed by atoms with E-state index >= 15 is 0 Å². The van der Waals surface area contributed by atoms with Crippen LogP contribution in [0, 0.1) is 0 Å². The number of hydrogen-bond acceptors (Lipinski definition) is 5. The van der Waals surface area contributed by atoms with E-state index in [4.69, 9.17) is 9.72 Å². The van der Waals surface area contributed by atoms with Gasteiger partial charge < -0.3 is 10.1 Å². The Morgan fingerprint density at radius 2 is 1.69 bits per heavy atom. The summed E-state index contributed by atoms with van der Waals surface area (Å²) in [5.41, 5.74) is 3.98. The first-order valence-corrected chi connectivity index (χ1v) is 8.33. The number of nitrogens with one attached hydrogen (secondary N) is 1. The Labute approximate surface area is 151 Å². The number of anilines is 1. The van der Waals surface area contributed by atoms with Crippen molar-refractivity contribution in [3.63, 3.8) is 0 Å². The summed E-state index contributed by atoms with van der Waals surface area (Å²) in [6.45, 7) is 0. The fourth-order valence-corrected chi connectivity index (χ4v) is 2.91. The van der Waals surface area contributed by atoms with Crippen LogP contribution >= 0.6 is 0 Å². The van der Waals surface area contributed by atoms with Gasteiger partial charge in [-0.25, -0.2) is 9.97 Å². The molecule has 0 amide bonds. The highest BCUT2D eigenvalue weighted by Crippen LogP contribution is 2.29. The number of fused-ring (bicyclic) bond motifs is 1. The molecule has 1 N–H and O–H groups in total. The van der Waals surface area contributed by atoms with Crippen molar-refractivity contribution in [1.29, 1.82) is 0 Å². The van der Waals surface area contributed by atoms with Crippen LogP contribution in [0.25, 0.3) is 33.4 Å². The third-order valence-corrected chi connectivity index (χ3v) is 4.28. The maximum atomic E-state index is 5.24. The number of rotatable bonds is 4. The van der Waals surface area contributed by atoms with Crippen LogP contribution in [-0.4, -0.2) is 29.1 Å². The van der Waals surface area contributed by atoms with Crippen LogP contribution in [0.15, 0.2) is 67.0 Å². The number of ether oxygens (including phenoxy) is 1. The van der Waals surface area contributed by atoms with E-state index in [0.29, 0.717) is 5.82 Å². The molecule has 0 bridgehead atoms. The van der Waals surface area contributed by atoms with Gasteiger partial charge in [-0.3, -0.25) is 4.98 Å². The first-order chi connectivity index (χ1) is 12.8. The molecule has 0 saturated carbocycles. The smallest absolute Gasteiger partial charge is 0.163 e. The van der Waals surface area contributed by atoms with Gasteiger partial charge in [0.15, 0.2) is 5.82 Å². The van der Waals surface area contributed by atoms with E-state index in [1.165, 1.54) is 0 Å². The highest BCUT2D eigenvalue weighted by Gasteiger charge is 2.10. The Morgan fingerprint density at radius 1 is 0.885 bits per heavy atom. The van der Waals surface area contributed by atoms with E-state index in [1.807, 2.05) is 49.5 Å². The van der Waals surface area contributed by atoms with Gasteiger partial charge in [0.25, 0.3) is 0 Å². The summed E-state index contributed by atoms with van der Waals surface area (Å²) in [4.78, 5) is 13.6. The molecule has 26 heavy (non-hydrogen) atoms. The lowest BCUT2D eigenvalue weighted by Gasteiger charge is -2.10. The Kier molecular flexibility index (Phi) is 4.19. The molecule has 0 aliphatic rings. The third kappa shape index (κ3) is 2.95. The molecular weight excluding hydrogens is 324 g/mol. The second-order valence-electron chi connectivity index (χ2n) is 5.85. The normalized spacial score (nSPS) is 10.7. The van der Waals surface area contributed by atoms with Crippen molar-refractivity contribution in [3.8, 4) is 28.3 Å². The molecule has 0 aliphatic heterocycles. The molecule has 0 saturated heterocycles. The molecule has 2 aromatic carbocycles. The van der Waals surface area contributed by atoms with Gasteiger partial charge in [-0.05, 0) is 47.5 Å². The second-order valence-corrected chi connectivity index (χ2v) is 5.85. The Hall–Kier alpha value is -3.47. The maximum Gasteiger partial charge on any atom is 0.163 e. The minimum atomic E-state index is 0.654. The van der Waals surface area contributed by atoms with Crippen LogP contribution in [0.5, 0.6) is 5.75 Å². The van der Waals surface area contributed by atoms with Gasteiger partial charge in [-0.15, -0.1) is 0 Å². The van der Waals surface area contributed by atoms with Crippen LogP contribution < -0.4 is 10.1 Å². The Balaban J connectivity index is 1.85. The summed E-state index contributed by atoms with van der Waals surface area (Å²) >= 11 is 0. The van der Waals surface area contributed by atoms with Crippen LogP contribution in [0.1, 0.15) is 0 Å². The number of pyridine rings is 1. The van der Waals surface area contributed by atoms with Crippen molar-refractivity contribution in [2.75, 3.05) is 19.5 Å². The topological polar surface area (TPSA) is 59.9 Å². The van der Waals surface area contributed by atoms with Crippen molar-refractivity contribution in [3.05, 3.63) is 67.0 Å². The minimum absolute atomic E-state index is 0.654. The largest absolute Gasteiger partial charge is 0.497 e. The van der Waals surface area contributed by atoms with Crippen LogP contribution in [0.4, 0.5) is 5.82 Å². The summed E-state index contributed by atoms with van der Waals surface area (Å²) in [5, 5.41) is 4.15. The first-order valence-electron chi connectivity index (χ1n) is 8.33. The predicted octanol–water partition coefficient (Wildman–Crippen LogP) is 4.41. The summed E-state index contributed by atoms with van der Waals surface area (Å²) < 4.78 is 5.24. The molecule has 5 nitrogen and oxygen atoms in total. The van der Waals surface area contributed by atoms with Gasteiger partial charge in [-0.2, -0.15) is 0 Å². The molecule has 5 heteroatoms. The standard InChI is InChI=1S/C21H18N4O/c1-22-21-18-10-7-15(14-5-8-17(26-2)9-6-14)12-19(18)24-20(25-21)16-4-3-11-23-13-16/h3-13H,1-2H3,(H,22,24,25). The lowest BCUT2D eigenvalue weighted by molar-refractivity contribution is 0.415. The Bertz CT molecular complexity index is 1050. The SMILES string of the molecule is CNc1nc(-c2cccnc2)nc2cc(-c3ccc(OC)cc3)ccc12. The van der Waals surface area contributed by atoms with E-state index in [9.17, 15) is 0 Å². The average molecular weight is 342 g/mol. The zero-order valence-corrected chi connectivity index (χ0v) is 14.6. The van der Waals surface area contributed by atoms with Crippen molar-refractivity contribution in [1.82, 2.24) is 15.0 Å². The Morgan fingerprint density at radius 3 is 2.38 bits per heavy atom. The highest BCUT2D eigenvalue weighted by atomic mass is 16.5. The summed E-state index contributed by atoms with van der Waals surface area (Å²) in [5.74, 6) is 2.30. The molecule has 4 rings (SSSR count). The number of hydrogen-bond donors (Lipinski definition) is 1. The molecule has 0 spiro atoms. The van der Waals surface area contributed by atoms with Crippen molar-refractivity contribution in [2.45, 2.75) is 0 Å². The van der Waals surface area contributed by atoms with Crippen LogP contribution in [0.3, 0.4) is 0 Å². The molecule has 0 fully saturated rings. The average Bonchev–Trinajstić information content (AvgIpc) is 2.73. The second kappa shape index (κ2) is 6.80. The van der Waals surface area contributed by atoms with Crippen molar-refractivity contribution >= 4 is 16.7 Å². The zero-order valence-electron chi connectivity index (χ0n) is 14.6. The first kappa shape index (κ1) is 16.0. The van der Waals surface area contributed by atoms with Gasteiger partial charge in [-0.1, -0.05) is 18.2 Å². The van der Waals surface area contributed by atoms with E-state index in [1.54, 1.807) is 19.5 Å². The molecular formula is C21H18N4O.